The maximum Gasteiger partial charge on any atom is 0.243 e. The van der Waals surface area contributed by atoms with Gasteiger partial charge in [0, 0.05) is 12.3 Å². The maximum atomic E-state index is 11.4. The lowest BCUT2D eigenvalue weighted by Gasteiger charge is -2.07. The first kappa shape index (κ1) is 16.8. The van der Waals surface area contributed by atoms with E-state index in [0.29, 0.717) is 29.5 Å². The van der Waals surface area contributed by atoms with Crippen molar-refractivity contribution in [3.8, 4) is 0 Å². The average molecular weight is 362 g/mol. The molecule has 1 aliphatic rings. The van der Waals surface area contributed by atoms with Gasteiger partial charge in [-0.05, 0) is 24.3 Å². The van der Waals surface area contributed by atoms with Crippen LogP contribution in [0.2, 0.25) is 0 Å². The SMILES string of the molecule is C[n+]1ccn(CCNc2nn3ccccc3c2/N=C2\C=CC(=O)C=C2N)c1. The Hall–Kier alpha value is -3.68. The Kier molecular flexibility index (Phi) is 4.29. The molecule has 3 aromatic rings. The van der Waals surface area contributed by atoms with Crippen LogP contribution in [-0.4, -0.2) is 32.2 Å². The monoisotopic (exact) mass is 362 g/mol. The van der Waals surface area contributed by atoms with Crippen LogP contribution in [0.5, 0.6) is 0 Å². The molecule has 0 fully saturated rings. The van der Waals surface area contributed by atoms with Gasteiger partial charge in [0.05, 0.1) is 30.5 Å². The van der Waals surface area contributed by atoms with Crippen molar-refractivity contribution in [2.75, 3.05) is 11.9 Å². The van der Waals surface area contributed by atoms with Gasteiger partial charge in [-0.2, -0.15) is 0 Å². The number of nitrogens with one attached hydrogen (secondary N) is 1. The van der Waals surface area contributed by atoms with E-state index in [0.717, 1.165) is 12.1 Å². The molecule has 8 heteroatoms. The second-order valence-electron chi connectivity index (χ2n) is 6.30. The summed E-state index contributed by atoms with van der Waals surface area (Å²) in [6.07, 6.45) is 12.4. The van der Waals surface area contributed by atoms with Gasteiger partial charge < -0.3 is 11.1 Å². The van der Waals surface area contributed by atoms with Crippen molar-refractivity contribution in [1.29, 1.82) is 0 Å². The van der Waals surface area contributed by atoms with Crippen molar-refractivity contribution >= 4 is 28.5 Å². The molecule has 136 valence electrons. The van der Waals surface area contributed by atoms with Crippen molar-refractivity contribution in [3.05, 3.63) is 67.0 Å². The number of rotatable bonds is 5. The molecular formula is C19H20N7O+. The molecule has 27 heavy (non-hydrogen) atoms. The third-order valence-electron chi connectivity index (χ3n) is 4.23. The van der Waals surface area contributed by atoms with Crippen LogP contribution in [0.15, 0.2) is 72.0 Å². The molecule has 8 nitrogen and oxygen atoms in total. The number of anilines is 1. The lowest BCUT2D eigenvalue weighted by molar-refractivity contribution is -0.671. The van der Waals surface area contributed by atoms with Gasteiger partial charge in [0.15, 0.2) is 11.6 Å². The highest BCUT2D eigenvalue weighted by Crippen LogP contribution is 2.30. The minimum absolute atomic E-state index is 0.135. The van der Waals surface area contributed by atoms with Gasteiger partial charge in [-0.15, -0.1) is 5.10 Å². The third kappa shape index (κ3) is 3.50. The highest BCUT2D eigenvalue weighted by Gasteiger charge is 2.15. The molecular weight excluding hydrogens is 342 g/mol. The molecule has 0 unspecified atom stereocenters. The van der Waals surface area contributed by atoms with Crippen molar-refractivity contribution in [2.45, 2.75) is 6.54 Å². The number of pyridine rings is 1. The number of aliphatic imine (C=N–C) groups is 1. The van der Waals surface area contributed by atoms with Crippen molar-refractivity contribution < 1.29 is 9.36 Å². The molecule has 0 bridgehead atoms. The number of imidazole rings is 1. The first-order valence-corrected chi connectivity index (χ1v) is 8.61. The number of allylic oxidation sites excluding steroid dienone is 3. The molecule has 0 spiro atoms. The molecule has 0 amide bonds. The van der Waals surface area contributed by atoms with Crippen LogP contribution in [0.1, 0.15) is 0 Å². The van der Waals surface area contributed by atoms with Crippen LogP contribution >= 0.6 is 0 Å². The van der Waals surface area contributed by atoms with Gasteiger partial charge >= 0.3 is 0 Å². The minimum atomic E-state index is -0.135. The number of aryl methyl sites for hydroxylation is 1. The van der Waals surface area contributed by atoms with E-state index >= 15 is 0 Å². The van der Waals surface area contributed by atoms with Gasteiger partial charge in [-0.25, -0.2) is 18.6 Å². The Morgan fingerprint density at radius 3 is 2.96 bits per heavy atom. The van der Waals surface area contributed by atoms with Crippen LogP contribution in [0.25, 0.3) is 5.52 Å². The second kappa shape index (κ2) is 6.91. The Balaban J connectivity index is 1.64. The van der Waals surface area contributed by atoms with Crippen molar-refractivity contribution in [2.24, 2.45) is 17.8 Å². The van der Waals surface area contributed by atoms with Crippen molar-refractivity contribution in [1.82, 2.24) is 14.2 Å². The van der Waals surface area contributed by atoms with Crippen molar-refractivity contribution in [3.63, 3.8) is 0 Å². The van der Waals surface area contributed by atoms with Crippen LogP contribution in [0.3, 0.4) is 0 Å². The molecule has 3 aromatic heterocycles. The number of hydrogen-bond donors (Lipinski definition) is 2. The molecule has 0 aromatic carbocycles. The van der Waals surface area contributed by atoms with Crippen LogP contribution < -0.4 is 15.6 Å². The number of carbonyl (C=O) groups is 1. The smallest absolute Gasteiger partial charge is 0.243 e. The molecule has 0 radical (unpaired) electrons. The summed E-state index contributed by atoms with van der Waals surface area (Å²) in [5.41, 5.74) is 8.42. The van der Waals surface area contributed by atoms with Crippen LogP contribution in [0.4, 0.5) is 11.5 Å². The number of hydrogen-bond acceptors (Lipinski definition) is 5. The molecule has 3 heterocycles. The summed E-state index contributed by atoms with van der Waals surface area (Å²) >= 11 is 0. The molecule has 3 N–H and O–H groups in total. The first-order chi connectivity index (χ1) is 13.1. The Morgan fingerprint density at radius 2 is 2.19 bits per heavy atom. The highest BCUT2D eigenvalue weighted by molar-refractivity contribution is 6.20. The zero-order chi connectivity index (χ0) is 18.8. The highest BCUT2D eigenvalue weighted by atomic mass is 16.1. The van der Waals surface area contributed by atoms with E-state index in [-0.39, 0.29) is 5.78 Å². The zero-order valence-corrected chi connectivity index (χ0v) is 14.9. The minimum Gasteiger partial charge on any atom is -0.397 e. The van der Waals surface area contributed by atoms with Gasteiger partial charge in [-0.3, -0.25) is 4.79 Å². The van der Waals surface area contributed by atoms with E-state index in [1.807, 2.05) is 54.7 Å². The fraction of sp³-hybridized carbons (Fsp3) is 0.158. The Labute approximate surface area is 155 Å². The van der Waals surface area contributed by atoms with E-state index in [2.05, 4.69) is 20.0 Å². The second-order valence-corrected chi connectivity index (χ2v) is 6.30. The maximum absolute atomic E-state index is 11.4. The predicted octanol–water partition coefficient (Wildman–Crippen LogP) is 1.13. The number of carbonyl (C=O) groups excluding carboxylic acids is 1. The summed E-state index contributed by atoms with van der Waals surface area (Å²) in [4.78, 5) is 16.1. The third-order valence-corrected chi connectivity index (χ3v) is 4.23. The molecule has 0 aliphatic heterocycles. The number of fused-ring (bicyclic) bond motifs is 1. The lowest BCUT2D eigenvalue weighted by Crippen LogP contribution is -2.24. The van der Waals surface area contributed by atoms with E-state index < -0.39 is 0 Å². The number of ketones is 1. The van der Waals surface area contributed by atoms with E-state index in [1.165, 1.54) is 12.2 Å². The van der Waals surface area contributed by atoms with Gasteiger partial charge in [0.1, 0.15) is 24.6 Å². The predicted molar refractivity (Wildman–Crippen MR) is 103 cm³/mol. The molecule has 0 saturated heterocycles. The molecule has 1 aliphatic carbocycles. The summed E-state index contributed by atoms with van der Waals surface area (Å²) < 4.78 is 5.85. The quantitative estimate of drug-likeness (QED) is 0.525. The fourth-order valence-electron chi connectivity index (χ4n) is 2.91. The van der Waals surface area contributed by atoms with Gasteiger partial charge in [0.25, 0.3) is 0 Å². The van der Waals surface area contributed by atoms with E-state index in [9.17, 15) is 4.79 Å². The standard InChI is InChI=1S/C19H19N7O/c1-24-10-11-25(13-24)9-7-21-19-18(17-4-2-3-8-26(17)23-19)22-16-6-5-14(27)12-15(16)20/h2-6,8,10-13H,7,9H2,1H3,(H2-,20,21,23,27)/p+1/b22-16+. The van der Waals surface area contributed by atoms with E-state index in [4.69, 9.17) is 5.73 Å². The number of aromatic nitrogens is 4. The number of nitrogens with two attached hydrogens (primary N) is 1. The van der Waals surface area contributed by atoms with Crippen LogP contribution in [0, 0.1) is 0 Å². The van der Waals surface area contributed by atoms with E-state index in [1.54, 1.807) is 10.6 Å². The lowest BCUT2D eigenvalue weighted by atomic mass is 10.1. The van der Waals surface area contributed by atoms with Crippen LogP contribution in [-0.2, 0) is 18.4 Å². The normalized spacial score (nSPS) is 15.5. The Bertz CT molecular complexity index is 1100. The van der Waals surface area contributed by atoms with Gasteiger partial charge in [0.2, 0.25) is 6.33 Å². The summed E-state index contributed by atoms with van der Waals surface area (Å²) in [5.74, 6) is 0.535. The number of nitrogens with zero attached hydrogens (tertiary/aromatic N) is 5. The Morgan fingerprint density at radius 1 is 1.30 bits per heavy atom. The topological polar surface area (TPSA) is 93.6 Å². The molecule has 0 atom stereocenters. The fourth-order valence-corrected chi connectivity index (χ4v) is 2.91. The first-order valence-electron chi connectivity index (χ1n) is 8.61. The zero-order valence-electron chi connectivity index (χ0n) is 14.9. The summed E-state index contributed by atoms with van der Waals surface area (Å²) in [6.45, 7) is 1.48. The average Bonchev–Trinajstić information content (AvgIpc) is 3.21. The van der Waals surface area contributed by atoms with Gasteiger partial charge in [-0.1, -0.05) is 6.07 Å². The molecule has 4 rings (SSSR count). The largest absolute Gasteiger partial charge is 0.397 e. The molecule has 0 saturated carbocycles. The summed E-state index contributed by atoms with van der Waals surface area (Å²) in [7, 11) is 1.99. The summed E-state index contributed by atoms with van der Waals surface area (Å²) in [6, 6.07) is 5.79. The summed E-state index contributed by atoms with van der Waals surface area (Å²) in [5, 5.41) is 7.94.